The van der Waals surface area contributed by atoms with Crippen LogP contribution in [0, 0.1) is 12.7 Å². The van der Waals surface area contributed by atoms with Crippen molar-refractivity contribution in [2.24, 2.45) is 0 Å². The van der Waals surface area contributed by atoms with Crippen LogP contribution < -0.4 is 4.90 Å². The topological polar surface area (TPSA) is 37.4 Å². The first-order chi connectivity index (χ1) is 11.0. The maximum absolute atomic E-state index is 13.9. The average molecular weight is 348 g/mol. The van der Waals surface area contributed by atoms with Gasteiger partial charge in [-0.15, -0.1) is 0 Å². The van der Waals surface area contributed by atoms with Gasteiger partial charge in [0.1, 0.15) is 5.82 Å². The van der Waals surface area contributed by atoms with Crippen LogP contribution in [-0.2, 0) is 4.79 Å². The normalized spacial score (nSPS) is 16.5. The van der Waals surface area contributed by atoms with Crippen LogP contribution in [-0.4, -0.2) is 11.1 Å². The van der Waals surface area contributed by atoms with Crippen molar-refractivity contribution in [2.45, 2.75) is 6.92 Å². The van der Waals surface area contributed by atoms with Crippen LogP contribution in [0.5, 0.6) is 0 Å². The maximum Gasteiger partial charge on any atom is 0.298 e. The molecule has 23 heavy (non-hydrogen) atoms. The summed E-state index contributed by atoms with van der Waals surface area (Å²) in [5.41, 5.74) is 1.53. The van der Waals surface area contributed by atoms with E-state index in [0.29, 0.717) is 5.69 Å². The highest BCUT2D eigenvalue weighted by Crippen LogP contribution is 2.37. The molecule has 1 aliphatic heterocycles. The van der Waals surface area contributed by atoms with Crippen LogP contribution in [0.1, 0.15) is 11.1 Å². The summed E-state index contributed by atoms with van der Waals surface area (Å²) in [6, 6.07) is 11.3. The third-order valence-electron chi connectivity index (χ3n) is 3.33. The molecule has 0 N–H and O–H groups in total. The molecule has 0 atom stereocenters. The molecule has 3 rings (SSSR count). The van der Waals surface area contributed by atoms with Crippen LogP contribution in [0.4, 0.5) is 14.9 Å². The van der Waals surface area contributed by atoms with E-state index in [9.17, 15) is 14.0 Å². The van der Waals surface area contributed by atoms with Crippen LogP contribution in [0.2, 0.25) is 5.02 Å². The van der Waals surface area contributed by atoms with Gasteiger partial charge in [0.05, 0.1) is 15.6 Å². The van der Waals surface area contributed by atoms with Crippen LogP contribution in [0.3, 0.4) is 0 Å². The summed E-state index contributed by atoms with van der Waals surface area (Å²) in [5, 5.41) is -0.230. The second-order valence-corrected chi connectivity index (χ2v) is 6.39. The lowest BCUT2D eigenvalue weighted by molar-refractivity contribution is -0.113. The lowest BCUT2D eigenvalue weighted by Gasteiger charge is -2.12. The number of thioether (sulfide) groups is 1. The minimum atomic E-state index is -0.542. The second-order valence-electron chi connectivity index (χ2n) is 4.99. The van der Waals surface area contributed by atoms with Crippen molar-refractivity contribution in [3.05, 3.63) is 69.3 Å². The van der Waals surface area contributed by atoms with Gasteiger partial charge in [-0.3, -0.25) is 9.59 Å². The summed E-state index contributed by atoms with van der Waals surface area (Å²) in [5.74, 6) is -1.02. The molecule has 0 radical (unpaired) electrons. The zero-order valence-electron chi connectivity index (χ0n) is 12.0. The number of amides is 2. The maximum atomic E-state index is 13.9. The summed E-state index contributed by atoms with van der Waals surface area (Å²) < 4.78 is 13.9. The van der Waals surface area contributed by atoms with Gasteiger partial charge in [0, 0.05) is 5.56 Å². The predicted octanol–water partition coefficient (Wildman–Crippen LogP) is 5.03. The fourth-order valence-corrected chi connectivity index (χ4v) is 3.28. The van der Waals surface area contributed by atoms with E-state index < -0.39 is 17.0 Å². The molecule has 0 unspecified atom stereocenters. The summed E-state index contributed by atoms with van der Waals surface area (Å²) in [4.78, 5) is 25.9. The molecule has 0 spiro atoms. The van der Waals surface area contributed by atoms with Crippen molar-refractivity contribution in [1.29, 1.82) is 0 Å². The molecule has 1 saturated heterocycles. The Morgan fingerprint density at radius 2 is 1.91 bits per heavy atom. The average Bonchev–Trinajstić information content (AvgIpc) is 2.77. The number of imide groups is 1. The Kier molecular flexibility index (Phi) is 4.24. The number of carbonyl (C=O) groups excluding carboxylic acids is 2. The zero-order valence-corrected chi connectivity index (χ0v) is 13.6. The Morgan fingerprint density at radius 3 is 2.61 bits per heavy atom. The molecule has 0 saturated carbocycles. The molecule has 0 bridgehead atoms. The number of halogens is 2. The van der Waals surface area contributed by atoms with E-state index in [1.165, 1.54) is 24.3 Å². The minimum Gasteiger partial charge on any atom is -0.268 e. The standard InChI is InChI=1S/C17H11ClFNO2S/c1-10-4-2-5-11(8-10)20-16(21)15(23-17(20)22)9-12-13(18)6-3-7-14(12)19/h2-9H,1H3/b15-9-. The number of benzene rings is 2. The Labute approximate surface area is 141 Å². The highest BCUT2D eigenvalue weighted by atomic mass is 35.5. The van der Waals surface area contributed by atoms with Crippen molar-refractivity contribution in [1.82, 2.24) is 0 Å². The van der Waals surface area contributed by atoms with Gasteiger partial charge in [-0.2, -0.15) is 0 Å². The Bertz CT molecular complexity index is 830. The molecule has 116 valence electrons. The summed E-state index contributed by atoms with van der Waals surface area (Å²) >= 11 is 6.73. The minimum absolute atomic E-state index is 0.101. The highest BCUT2D eigenvalue weighted by Gasteiger charge is 2.36. The van der Waals surface area contributed by atoms with Crippen molar-refractivity contribution in [3.8, 4) is 0 Å². The lowest BCUT2D eigenvalue weighted by atomic mass is 10.2. The molecular formula is C17H11ClFNO2S. The molecule has 2 aromatic carbocycles. The molecule has 1 aliphatic rings. The number of hydrogen-bond acceptors (Lipinski definition) is 3. The molecule has 0 aromatic heterocycles. The first-order valence-electron chi connectivity index (χ1n) is 6.76. The first-order valence-corrected chi connectivity index (χ1v) is 7.95. The third kappa shape index (κ3) is 3.02. The quantitative estimate of drug-likeness (QED) is 0.715. The summed E-state index contributed by atoms with van der Waals surface area (Å²) in [6.45, 7) is 1.87. The monoisotopic (exact) mass is 347 g/mol. The van der Waals surface area contributed by atoms with E-state index in [4.69, 9.17) is 11.6 Å². The third-order valence-corrected chi connectivity index (χ3v) is 4.53. The van der Waals surface area contributed by atoms with Gasteiger partial charge in [-0.05, 0) is 54.6 Å². The SMILES string of the molecule is Cc1cccc(N2C(=O)S/C(=C\c3c(F)cccc3Cl)C2=O)c1. The van der Waals surface area contributed by atoms with E-state index in [1.54, 1.807) is 18.2 Å². The molecule has 3 nitrogen and oxygen atoms in total. The lowest BCUT2D eigenvalue weighted by Crippen LogP contribution is -2.27. The van der Waals surface area contributed by atoms with Crippen molar-refractivity contribution in [3.63, 3.8) is 0 Å². The Morgan fingerprint density at radius 1 is 1.17 bits per heavy atom. The highest BCUT2D eigenvalue weighted by molar-refractivity contribution is 8.19. The molecule has 2 amide bonds. The van der Waals surface area contributed by atoms with E-state index >= 15 is 0 Å². The Balaban J connectivity index is 2.00. The summed E-state index contributed by atoms with van der Waals surface area (Å²) in [7, 11) is 0. The fraction of sp³-hybridized carbons (Fsp3) is 0.0588. The van der Waals surface area contributed by atoms with E-state index in [1.807, 2.05) is 13.0 Å². The van der Waals surface area contributed by atoms with Crippen LogP contribution in [0.25, 0.3) is 6.08 Å². The number of nitrogens with zero attached hydrogens (tertiary/aromatic N) is 1. The van der Waals surface area contributed by atoms with Crippen LogP contribution in [0.15, 0.2) is 47.4 Å². The number of rotatable bonds is 2. The molecule has 6 heteroatoms. The summed E-state index contributed by atoms with van der Waals surface area (Å²) in [6.07, 6.45) is 1.32. The van der Waals surface area contributed by atoms with Gasteiger partial charge in [0.2, 0.25) is 0 Å². The molecule has 1 fully saturated rings. The number of carbonyl (C=O) groups is 2. The molecule has 2 aromatic rings. The van der Waals surface area contributed by atoms with Gasteiger partial charge in [0.25, 0.3) is 11.1 Å². The van der Waals surface area contributed by atoms with Crippen molar-refractivity contribution < 1.29 is 14.0 Å². The van der Waals surface area contributed by atoms with E-state index in [2.05, 4.69) is 0 Å². The number of aryl methyl sites for hydroxylation is 1. The number of anilines is 1. The predicted molar refractivity (Wildman–Crippen MR) is 91.0 cm³/mol. The zero-order chi connectivity index (χ0) is 16.6. The van der Waals surface area contributed by atoms with Gasteiger partial charge >= 0.3 is 0 Å². The number of hydrogen-bond donors (Lipinski definition) is 0. The smallest absolute Gasteiger partial charge is 0.268 e. The largest absolute Gasteiger partial charge is 0.298 e. The van der Waals surface area contributed by atoms with E-state index in [-0.39, 0.29) is 15.5 Å². The van der Waals surface area contributed by atoms with Gasteiger partial charge in [-0.1, -0.05) is 29.8 Å². The Hall–Kier alpha value is -2.11. The van der Waals surface area contributed by atoms with Gasteiger partial charge in [0.15, 0.2) is 0 Å². The molecule has 0 aliphatic carbocycles. The first kappa shape index (κ1) is 15.8. The van der Waals surface area contributed by atoms with Crippen molar-refractivity contribution in [2.75, 3.05) is 4.90 Å². The van der Waals surface area contributed by atoms with Gasteiger partial charge < -0.3 is 0 Å². The second kappa shape index (κ2) is 6.18. The fourth-order valence-electron chi connectivity index (χ4n) is 2.24. The van der Waals surface area contributed by atoms with Crippen molar-refractivity contribution >= 4 is 46.3 Å². The van der Waals surface area contributed by atoms with Gasteiger partial charge in [-0.25, -0.2) is 9.29 Å². The van der Waals surface area contributed by atoms with Crippen LogP contribution >= 0.6 is 23.4 Å². The molecular weight excluding hydrogens is 337 g/mol. The molecule has 1 heterocycles. The van der Waals surface area contributed by atoms with E-state index in [0.717, 1.165) is 22.2 Å².